The van der Waals surface area contributed by atoms with Crippen molar-refractivity contribution in [3.8, 4) is 0 Å². The molecule has 0 aliphatic heterocycles. The molecular formula is C15H26N2O3. The number of carboxylic acid groups (broad SMARTS) is 1. The molecule has 2 amide bonds. The molecule has 2 aliphatic rings. The van der Waals surface area contributed by atoms with E-state index in [1.54, 1.807) is 0 Å². The number of carbonyl (C=O) groups excluding carboxylic acids is 1. The fourth-order valence-electron chi connectivity index (χ4n) is 3.34. The lowest BCUT2D eigenvalue weighted by atomic mass is 9.79. The Kier molecular flexibility index (Phi) is 4.25. The molecule has 2 rings (SSSR count). The number of hydrogen-bond donors (Lipinski definition) is 3. The normalized spacial score (nSPS) is 22.1. The van der Waals surface area contributed by atoms with Crippen molar-refractivity contribution in [1.29, 1.82) is 0 Å². The Morgan fingerprint density at radius 1 is 1.20 bits per heavy atom. The predicted molar refractivity (Wildman–Crippen MR) is 76.5 cm³/mol. The van der Waals surface area contributed by atoms with Gasteiger partial charge in [0.05, 0.1) is 12.0 Å². The highest BCUT2D eigenvalue weighted by Crippen LogP contribution is 2.39. The Morgan fingerprint density at radius 2 is 1.80 bits per heavy atom. The van der Waals surface area contributed by atoms with Crippen LogP contribution < -0.4 is 10.6 Å². The quantitative estimate of drug-likeness (QED) is 0.725. The summed E-state index contributed by atoms with van der Waals surface area (Å²) in [6.45, 7) is 4.07. The van der Waals surface area contributed by atoms with Crippen LogP contribution in [0.2, 0.25) is 0 Å². The van der Waals surface area contributed by atoms with E-state index < -0.39 is 11.5 Å². The fraction of sp³-hybridized carbons (Fsp3) is 0.867. The van der Waals surface area contributed by atoms with Gasteiger partial charge in [0.25, 0.3) is 0 Å². The zero-order valence-corrected chi connectivity index (χ0v) is 12.5. The standard InChI is InChI=1S/C15H26N2O3/c1-14(2,11-6-7-11)16-13(20)17-15(10-12(18)19)8-4-3-5-9-15/h11H,3-10H2,1-2H3,(H,18,19)(H2,16,17,20). The van der Waals surface area contributed by atoms with Crippen LogP contribution in [-0.4, -0.2) is 28.2 Å². The van der Waals surface area contributed by atoms with Gasteiger partial charge >= 0.3 is 12.0 Å². The second-order valence-corrected chi connectivity index (χ2v) is 6.99. The first-order valence-electron chi connectivity index (χ1n) is 7.65. The molecule has 0 unspecified atom stereocenters. The molecule has 2 fully saturated rings. The van der Waals surface area contributed by atoms with Crippen LogP contribution in [0.1, 0.15) is 65.2 Å². The Morgan fingerprint density at radius 3 is 2.30 bits per heavy atom. The number of nitrogens with one attached hydrogen (secondary N) is 2. The van der Waals surface area contributed by atoms with Gasteiger partial charge in [-0.05, 0) is 45.4 Å². The summed E-state index contributed by atoms with van der Waals surface area (Å²) in [6.07, 6.45) is 6.95. The molecule has 2 saturated carbocycles. The maximum absolute atomic E-state index is 12.2. The molecule has 3 N–H and O–H groups in total. The van der Waals surface area contributed by atoms with E-state index in [0.717, 1.165) is 44.9 Å². The van der Waals surface area contributed by atoms with Gasteiger partial charge in [-0.25, -0.2) is 4.79 Å². The Balaban J connectivity index is 1.96. The van der Waals surface area contributed by atoms with Gasteiger partial charge in [-0.3, -0.25) is 4.79 Å². The van der Waals surface area contributed by atoms with E-state index in [9.17, 15) is 9.59 Å². The minimum atomic E-state index is -0.839. The number of carboxylic acids is 1. The lowest BCUT2D eigenvalue weighted by molar-refractivity contribution is -0.139. The van der Waals surface area contributed by atoms with Crippen LogP contribution in [-0.2, 0) is 4.79 Å². The third-order valence-corrected chi connectivity index (χ3v) is 4.71. The van der Waals surface area contributed by atoms with E-state index in [1.807, 2.05) is 13.8 Å². The highest BCUT2D eigenvalue weighted by molar-refractivity contribution is 5.77. The van der Waals surface area contributed by atoms with Gasteiger partial charge in [0.15, 0.2) is 0 Å². The van der Waals surface area contributed by atoms with Crippen molar-refractivity contribution in [2.24, 2.45) is 5.92 Å². The topological polar surface area (TPSA) is 78.4 Å². The lowest BCUT2D eigenvalue weighted by Gasteiger charge is -2.38. The first-order valence-corrected chi connectivity index (χ1v) is 7.65. The minimum Gasteiger partial charge on any atom is -0.481 e. The van der Waals surface area contributed by atoms with Crippen LogP contribution in [0.5, 0.6) is 0 Å². The van der Waals surface area contributed by atoms with Gasteiger partial charge in [0.2, 0.25) is 0 Å². The molecule has 114 valence electrons. The molecule has 0 aromatic rings. The number of aliphatic carboxylic acids is 1. The summed E-state index contributed by atoms with van der Waals surface area (Å²) >= 11 is 0. The number of urea groups is 1. The molecular weight excluding hydrogens is 256 g/mol. The average molecular weight is 282 g/mol. The molecule has 20 heavy (non-hydrogen) atoms. The maximum atomic E-state index is 12.2. The van der Waals surface area contributed by atoms with Crippen LogP contribution in [0.4, 0.5) is 4.79 Å². The van der Waals surface area contributed by atoms with Gasteiger partial charge in [-0.1, -0.05) is 19.3 Å². The number of rotatable bonds is 5. The number of hydrogen-bond acceptors (Lipinski definition) is 2. The molecule has 2 aliphatic carbocycles. The van der Waals surface area contributed by atoms with Crippen molar-refractivity contribution in [2.75, 3.05) is 0 Å². The maximum Gasteiger partial charge on any atom is 0.315 e. The van der Waals surface area contributed by atoms with Gasteiger partial charge in [-0.15, -0.1) is 0 Å². The van der Waals surface area contributed by atoms with Crippen LogP contribution in [0.15, 0.2) is 0 Å². The summed E-state index contributed by atoms with van der Waals surface area (Å²) in [5.41, 5.74) is -0.767. The second-order valence-electron chi connectivity index (χ2n) is 6.99. The molecule has 0 spiro atoms. The van der Waals surface area contributed by atoms with Crippen molar-refractivity contribution >= 4 is 12.0 Å². The van der Waals surface area contributed by atoms with Crippen LogP contribution in [0, 0.1) is 5.92 Å². The fourth-order valence-corrected chi connectivity index (χ4v) is 3.34. The zero-order chi connectivity index (χ0) is 14.8. The second kappa shape index (κ2) is 5.62. The Bertz CT molecular complexity index is 383. The Hall–Kier alpha value is -1.26. The first kappa shape index (κ1) is 15.1. The van der Waals surface area contributed by atoms with Gasteiger partial charge < -0.3 is 15.7 Å². The average Bonchev–Trinajstić information content (AvgIpc) is 3.11. The summed E-state index contributed by atoms with van der Waals surface area (Å²) in [5, 5.41) is 15.1. The molecule has 0 aromatic heterocycles. The van der Waals surface area contributed by atoms with Crippen molar-refractivity contribution < 1.29 is 14.7 Å². The zero-order valence-electron chi connectivity index (χ0n) is 12.5. The summed E-state index contributed by atoms with van der Waals surface area (Å²) in [7, 11) is 0. The third-order valence-electron chi connectivity index (χ3n) is 4.71. The summed E-state index contributed by atoms with van der Waals surface area (Å²) in [6, 6.07) is -0.218. The molecule has 0 saturated heterocycles. The highest BCUT2D eigenvalue weighted by atomic mass is 16.4. The van der Waals surface area contributed by atoms with Gasteiger partial charge in [0, 0.05) is 5.54 Å². The predicted octanol–water partition coefficient (Wildman–Crippen LogP) is 2.65. The largest absolute Gasteiger partial charge is 0.481 e. The smallest absolute Gasteiger partial charge is 0.315 e. The summed E-state index contributed by atoms with van der Waals surface area (Å²) < 4.78 is 0. The number of carbonyl (C=O) groups is 2. The minimum absolute atomic E-state index is 0.0181. The molecule has 5 heteroatoms. The Labute approximate surface area is 120 Å². The van der Waals surface area contributed by atoms with E-state index >= 15 is 0 Å². The third kappa shape index (κ3) is 3.87. The molecule has 0 aromatic carbocycles. The summed E-state index contributed by atoms with van der Waals surface area (Å²) in [4.78, 5) is 23.3. The van der Waals surface area contributed by atoms with Gasteiger partial charge in [0.1, 0.15) is 0 Å². The summed E-state index contributed by atoms with van der Waals surface area (Å²) in [5.74, 6) is -0.288. The molecule has 0 radical (unpaired) electrons. The van der Waals surface area contributed by atoms with Crippen molar-refractivity contribution in [3.05, 3.63) is 0 Å². The van der Waals surface area contributed by atoms with Crippen LogP contribution >= 0.6 is 0 Å². The first-order chi connectivity index (χ1) is 9.33. The molecule has 5 nitrogen and oxygen atoms in total. The van der Waals surface area contributed by atoms with E-state index in [0.29, 0.717) is 5.92 Å². The van der Waals surface area contributed by atoms with E-state index in [4.69, 9.17) is 5.11 Å². The van der Waals surface area contributed by atoms with Crippen molar-refractivity contribution in [1.82, 2.24) is 10.6 Å². The van der Waals surface area contributed by atoms with E-state index in [1.165, 1.54) is 0 Å². The van der Waals surface area contributed by atoms with Crippen molar-refractivity contribution in [2.45, 2.75) is 76.3 Å². The SMILES string of the molecule is CC(C)(NC(=O)NC1(CC(=O)O)CCCCC1)C1CC1. The highest BCUT2D eigenvalue weighted by Gasteiger charge is 2.41. The molecule has 0 bridgehead atoms. The van der Waals surface area contributed by atoms with Crippen LogP contribution in [0.3, 0.4) is 0 Å². The lowest BCUT2D eigenvalue weighted by Crippen LogP contribution is -2.58. The number of amides is 2. The molecule has 0 heterocycles. The van der Waals surface area contributed by atoms with E-state index in [2.05, 4.69) is 10.6 Å². The van der Waals surface area contributed by atoms with Crippen molar-refractivity contribution in [3.63, 3.8) is 0 Å². The molecule has 0 atom stereocenters. The van der Waals surface area contributed by atoms with Gasteiger partial charge in [-0.2, -0.15) is 0 Å². The van der Waals surface area contributed by atoms with Crippen LogP contribution in [0.25, 0.3) is 0 Å². The monoisotopic (exact) mass is 282 g/mol. The van der Waals surface area contributed by atoms with E-state index in [-0.39, 0.29) is 18.0 Å².